The van der Waals surface area contributed by atoms with Gasteiger partial charge in [-0.05, 0) is 60.9 Å². The Balaban J connectivity index is 1.82. The summed E-state index contributed by atoms with van der Waals surface area (Å²) >= 11 is 0. The topological polar surface area (TPSA) is 181 Å². The third-order valence-corrected chi connectivity index (χ3v) is 7.38. The number of phosphoric ester groups is 1. The van der Waals surface area contributed by atoms with Gasteiger partial charge in [0.25, 0.3) is 0 Å². The first-order chi connectivity index (χ1) is 21.6. The van der Waals surface area contributed by atoms with Crippen molar-refractivity contribution in [2.45, 2.75) is 73.5 Å². The molecule has 0 fully saturated rings. The second-order valence-corrected chi connectivity index (χ2v) is 13.2. The van der Waals surface area contributed by atoms with Gasteiger partial charge in [0.15, 0.2) is 18.1 Å². The number of carbonyl (C=O) groups excluding carboxylic acids is 2. The SMILES string of the molecule is CCC(CC(=O)OCc1oc(=O)oc1COP(=O)(O)O)c1ccc(N(CC(C)C)CC(C)C)c(NC(=O)Nc2ccc(C)cc2)c1. The first-order valence-electron chi connectivity index (χ1n) is 15.1. The fourth-order valence-electron chi connectivity index (χ4n) is 4.86. The summed E-state index contributed by atoms with van der Waals surface area (Å²) in [4.78, 5) is 57.7. The lowest BCUT2D eigenvalue weighted by Gasteiger charge is -2.31. The van der Waals surface area contributed by atoms with Crippen LogP contribution in [-0.4, -0.2) is 34.9 Å². The van der Waals surface area contributed by atoms with Gasteiger partial charge in [-0.1, -0.05) is 58.4 Å². The molecule has 0 aliphatic rings. The number of ether oxygens (including phenoxy) is 1. The summed E-state index contributed by atoms with van der Waals surface area (Å²) in [6.07, 6.45) is 0.552. The quantitative estimate of drug-likeness (QED) is 0.0967. The molecule has 46 heavy (non-hydrogen) atoms. The molecular weight excluding hydrogens is 617 g/mol. The predicted molar refractivity (Wildman–Crippen MR) is 174 cm³/mol. The lowest BCUT2D eigenvalue weighted by atomic mass is 9.92. The second-order valence-electron chi connectivity index (χ2n) is 11.9. The maximum absolute atomic E-state index is 13.2. The molecule has 0 aliphatic heterocycles. The van der Waals surface area contributed by atoms with Crippen LogP contribution in [0.1, 0.15) is 76.0 Å². The highest BCUT2D eigenvalue weighted by Gasteiger charge is 2.23. The first-order valence-corrected chi connectivity index (χ1v) is 16.7. The molecule has 0 spiro atoms. The number of phosphoric acid groups is 1. The zero-order valence-corrected chi connectivity index (χ0v) is 28.0. The van der Waals surface area contributed by atoms with Crippen LogP contribution in [0.15, 0.2) is 56.1 Å². The van der Waals surface area contributed by atoms with Crippen molar-refractivity contribution in [3.05, 3.63) is 75.7 Å². The van der Waals surface area contributed by atoms with Gasteiger partial charge in [0.05, 0.1) is 17.8 Å². The molecule has 2 aromatic carbocycles. The second kappa shape index (κ2) is 16.6. The summed E-state index contributed by atoms with van der Waals surface area (Å²) in [6.45, 7) is 12.8. The van der Waals surface area contributed by atoms with E-state index in [9.17, 15) is 18.9 Å². The van der Waals surface area contributed by atoms with Crippen LogP contribution in [-0.2, 0) is 31.8 Å². The third-order valence-electron chi connectivity index (χ3n) is 6.92. The largest absolute Gasteiger partial charge is 0.519 e. The Morgan fingerprint density at radius 3 is 2.11 bits per heavy atom. The van der Waals surface area contributed by atoms with Crippen LogP contribution in [0.4, 0.5) is 21.9 Å². The number of aryl methyl sites for hydroxylation is 1. The highest BCUT2D eigenvalue weighted by Crippen LogP contribution is 2.37. The Bertz CT molecular complexity index is 1550. The predicted octanol–water partition coefficient (Wildman–Crippen LogP) is 6.54. The summed E-state index contributed by atoms with van der Waals surface area (Å²) in [7, 11) is -4.84. The Morgan fingerprint density at radius 2 is 1.54 bits per heavy atom. The van der Waals surface area contributed by atoms with Crippen LogP contribution in [0.2, 0.25) is 0 Å². The molecule has 0 aliphatic carbocycles. The van der Waals surface area contributed by atoms with Gasteiger partial charge in [0.2, 0.25) is 0 Å². The van der Waals surface area contributed by atoms with Crippen LogP contribution in [0, 0.1) is 18.8 Å². The Labute approximate surface area is 268 Å². The van der Waals surface area contributed by atoms with Crippen molar-refractivity contribution in [1.29, 1.82) is 0 Å². The number of carbonyl (C=O) groups is 2. The van der Waals surface area contributed by atoms with Crippen LogP contribution < -0.4 is 21.4 Å². The van der Waals surface area contributed by atoms with Gasteiger partial charge in [0, 0.05) is 18.8 Å². The van der Waals surface area contributed by atoms with E-state index in [1.165, 1.54) is 0 Å². The van der Waals surface area contributed by atoms with Gasteiger partial charge in [-0.2, -0.15) is 0 Å². The fourth-order valence-corrected chi connectivity index (χ4v) is 5.15. The number of nitrogens with one attached hydrogen (secondary N) is 2. The van der Waals surface area contributed by atoms with E-state index in [1.807, 2.05) is 56.3 Å². The smallest absolute Gasteiger partial charge is 0.457 e. The molecule has 1 atom stereocenters. The van der Waals surface area contributed by atoms with E-state index in [1.54, 1.807) is 0 Å². The molecule has 1 heterocycles. The number of nitrogens with zero attached hydrogens (tertiary/aromatic N) is 1. The molecule has 0 saturated carbocycles. The van der Waals surface area contributed by atoms with E-state index < -0.39 is 38.9 Å². The Hall–Kier alpha value is -3.90. The molecule has 2 amide bonds. The molecule has 252 valence electrons. The minimum atomic E-state index is -4.84. The Kier molecular flexibility index (Phi) is 13.2. The number of benzene rings is 2. The number of anilines is 3. The highest BCUT2D eigenvalue weighted by atomic mass is 31.2. The maximum Gasteiger partial charge on any atom is 0.519 e. The normalized spacial score (nSPS) is 12.3. The standard InChI is InChI=1S/C32H44N3O10P/c1-7-23(15-30(36)42-18-28-29(45-32(38)44-28)19-43-46(39,40)41)24-10-13-27(35(16-20(2)3)17-21(4)5)26(14-24)34-31(37)33-25-11-8-22(6)9-12-25/h8-14,20-21,23H,7,15-19H2,1-6H3,(H2,33,34,37)(H2,39,40,41). The van der Waals surface area contributed by atoms with Gasteiger partial charge >= 0.3 is 25.6 Å². The van der Waals surface area contributed by atoms with Crippen molar-refractivity contribution in [2.75, 3.05) is 28.6 Å². The molecule has 14 heteroatoms. The first kappa shape index (κ1) is 36.6. The van der Waals surface area contributed by atoms with Gasteiger partial charge < -0.3 is 38.9 Å². The molecule has 3 rings (SSSR count). The van der Waals surface area contributed by atoms with E-state index in [2.05, 4.69) is 47.8 Å². The van der Waals surface area contributed by atoms with Crippen molar-refractivity contribution < 1.29 is 42.0 Å². The number of hydrogen-bond acceptors (Lipinski definition) is 9. The molecule has 0 radical (unpaired) electrons. The molecule has 1 aromatic heterocycles. The number of urea groups is 1. The van der Waals surface area contributed by atoms with E-state index >= 15 is 0 Å². The van der Waals surface area contributed by atoms with Crippen LogP contribution in [0.25, 0.3) is 0 Å². The zero-order valence-electron chi connectivity index (χ0n) is 27.1. The number of amides is 2. The molecule has 0 saturated heterocycles. The molecule has 3 aromatic rings. The average Bonchev–Trinajstić information content (AvgIpc) is 3.32. The van der Waals surface area contributed by atoms with Crippen molar-refractivity contribution in [2.24, 2.45) is 11.8 Å². The summed E-state index contributed by atoms with van der Waals surface area (Å²) in [5.74, 6) is -1.78. The number of rotatable bonds is 16. The molecule has 4 N–H and O–H groups in total. The van der Waals surface area contributed by atoms with E-state index in [4.69, 9.17) is 23.4 Å². The van der Waals surface area contributed by atoms with Crippen LogP contribution in [0.5, 0.6) is 0 Å². The van der Waals surface area contributed by atoms with Crippen LogP contribution >= 0.6 is 7.82 Å². The van der Waals surface area contributed by atoms with Crippen molar-refractivity contribution in [1.82, 2.24) is 0 Å². The van der Waals surface area contributed by atoms with E-state index in [0.29, 0.717) is 29.6 Å². The lowest BCUT2D eigenvalue weighted by Crippen LogP contribution is -2.32. The van der Waals surface area contributed by atoms with Crippen molar-refractivity contribution >= 4 is 36.9 Å². The van der Waals surface area contributed by atoms with Crippen molar-refractivity contribution in [3.63, 3.8) is 0 Å². The third kappa shape index (κ3) is 11.8. The summed E-state index contributed by atoms with van der Waals surface area (Å²) in [5, 5.41) is 5.91. The molecule has 13 nitrogen and oxygen atoms in total. The summed E-state index contributed by atoms with van der Waals surface area (Å²) in [6, 6.07) is 12.9. The van der Waals surface area contributed by atoms with E-state index in [-0.39, 0.29) is 23.9 Å². The highest BCUT2D eigenvalue weighted by molar-refractivity contribution is 7.46. The number of esters is 1. The van der Waals surface area contributed by atoms with Gasteiger partial charge in [-0.25, -0.2) is 14.2 Å². The molecule has 0 bridgehead atoms. The van der Waals surface area contributed by atoms with Crippen LogP contribution in [0.3, 0.4) is 0 Å². The summed E-state index contributed by atoms with van der Waals surface area (Å²) < 4.78 is 30.3. The van der Waals surface area contributed by atoms with Gasteiger partial charge in [0.1, 0.15) is 6.61 Å². The minimum Gasteiger partial charge on any atom is -0.457 e. The minimum absolute atomic E-state index is 0.0249. The lowest BCUT2D eigenvalue weighted by molar-refractivity contribution is -0.146. The maximum atomic E-state index is 13.2. The fraction of sp³-hybridized carbons (Fsp3) is 0.469. The van der Waals surface area contributed by atoms with Crippen molar-refractivity contribution in [3.8, 4) is 0 Å². The summed E-state index contributed by atoms with van der Waals surface area (Å²) in [5.41, 5.74) is 4.01. The van der Waals surface area contributed by atoms with Gasteiger partial charge in [-0.15, -0.1) is 0 Å². The van der Waals surface area contributed by atoms with Gasteiger partial charge in [-0.3, -0.25) is 9.32 Å². The van der Waals surface area contributed by atoms with E-state index in [0.717, 1.165) is 29.9 Å². The monoisotopic (exact) mass is 661 g/mol. The zero-order chi connectivity index (χ0) is 34.0. The average molecular weight is 662 g/mol. The molecular formula is C32H44N3O10P. The number of hydrogen-bond donors (Lipinski definition) is 4. The molecule has 1 unspecified atom stereocenters. The Morgan fingerprint density at radius 1 is 0.935 bits per heavy atom.